The van der Waals surface area contributed by atoms with Gasteiger partial charge in [0.1, 0.15) is 11.5 Å². The van der Waals surface area contributed by atoms with Gasteiger partial charge < -0.3 is 9.64 Å². The summed E-state index contributed by atoms with van der Waals surface area (Å²) in [5.41, 5.74) is 26.5. The van der Waals surface area contributed by atoms with Crippen LogP contribution in [0.15, 0.2) is 319 Å². The van der Waals surface area contributed by atoms with Crippen molar-refractivity contribution in [1.82, 2.24) is 0 Å². The van der Waals surface area contributed by atoms with Crippen LogP contribution in [0.25, 0.3) is 44.5 Å². The van der Waals surface area contributed by atoms with Crippen LogP contribution in [0.3, 0.4) is 0 Å². The van der Waals surface area contributed by atoms with Crippen LogP contribution in [0.5, 0.6) is 11.5 Å². The Hall–Kier alpha value is -10.2. The molecule has 2 nitrogen and oxygen atoms in total. The second-order valence-electron chi connectivity index (χ2n) is 22.9. The van der Waals surface area contributed by atoms with E-state index >= 15 is 0 Å². The summed E-state index contributed by atoms with van der Waals surface area (Å²) in [6.45, 7) is 0. The Labute approximate surface area is 493 Å². The van der Waals surface area contributed by atoms with Gasteiger partial charge in [-0.05, 0) is 161 Å². The van der Waals surface area contributed by atoms with E-state index in [9.17, 15) is 0 Å². The highest BCUT2D eigenvalue weighted by Crippen LogP contribution is 2.66. The van der Waals surface area contributed by atoms with Gasteiger partial charge >= 0.3 is 0 Å². The molecule has 13 aromatic carbocycles. The molecule has 18 rings (SSSR count). The monoisotopic (exact) mass is 1090 g/mol. The number of hydrogen-bond donors (Lipinski definition) is 0. The first-order chi connectivity index (χ1) is 41.7. The summed E-state index contributed by atoms with van der Waals surface area (Å²) in [5.74, 6) is 1.76. The topological polar surface area (TPSA) is 12.5 Å². The molecule has 0 saturated carbocycles. The molecular weight excluding hydrogens is 1030 g/mol. The number of ether oxygens (including phenoxy) is 1. The second kappa shape index (κ2) is 17.9. The average molecular weight is 1090 g/mol. The van der Waals surface area contributed by atoms with Gasteiger partial charge in [-0.2, -0.15) is 0 Å². The fourth-order valence-electron chi connectivity index (χ4n) is 16.0. The number of benzene rings is 13. The van der Waals surface area contributed by atoms with Crippen molar-refractivity contribution in [1.29, 1.82) is 0 Å². The first-order valence-corrected chi connectivity index (χ1v) is 30.0. The van der Waals surface area contributed by atoms with Crippen molar-refractivity contribution < 1.29 is 4.74 Å². The van der Waals surface area contributed by atoms with Crippen molar-refractivity contribution in [3.8, 4) is 56.0 Å². The smallest absolute Gasteiger partial charge is 0.132 e. The zero-order valence-corrected chi connectivity index (χ0v) is 46.5. The normalized spacial score (nSPS) is 14.8. The van der Waals surface area contributed by atoms with E-state index in [0.717, 1.165) is 45.3 Å². The maximum Gasteiger partial charge on any atom is 0.132 e. The van der Waals surface area contributed by atoms with Crippen LogP contribution in [0.2, 0.25) is 0 Å². The van der Waals surface area contributed by atoms with Crippen LogP contribution in [0.4, 0.5) is 17.1 Å². The van der Waals surface area contributed by atoms with E-state index in [-0.39, 0.29) is 0 Å². The highest BCUT2D eigenvalue weighted by molar-refractivity contribution is 7.99. The van der Waals surface area contributed by atoms with Crippen LogP contribution in [0, 0.1) is 0 Å². The van der Waals surface area contributed by atoms with Gasteiger partial charge in [0.2, 0.25) is 0 Å². The van der Waals surface area contributed by atoms with Gasteiger partial charge in [0.25, 0.3) is 0 Å². The molecule has 0 unspecified atom stereocenters. The summed E-state index contributed by atoms with van der Waals surface area (Å²) >= 11 is 1.89. The molecule has 2 aliphatic heterocycles. The summed E-state index contributed by atoms with van der Waals surface area (Å²) < 4.78 is 6.84. The minimum atomic E-state index is -0.653. The third kappa shape index (κ3) is 6.21. The maximum atomic E-state index is 6.84. The third-order valence-electron chi connectivity index (χ3n) is 19.1. The number of anilines is 3. The van der Waals surface area contributed by atoms with Crippen LogP contribution in [-0.4, -0.2) is 0 Å². The van der Waals surface area contributed by atoms with E-state index in [4.69, 9.17) is 4.74 Å². The molecule has 13 aromatic rings. The van der Waals surface area contributed by atoms with Crippen LogP contribution < -0.4 is 9.64 Å². The zero-order chi connectivity index (χ0) is 55.1. The standard InChI is InChI=1S/C81H51NOS/c1-3-24-53(25-4-1)79(54-26-5-2-6-27-54)66-35-12-9-31-63(66)78-58(32-22-40-71(78)79)52-23-21-28-55(49-52)82(56-45-47-61-59-29-7-10-33-64(59)80(72(61)50-56)67-36-13-17-41-74(67)83-75-42-18-14-37-68(75)80)57-46-48-62-60-30-8-11-34-65(60)81(73(62)51-57)69-38-15-19-43-76(69)84-77-44-20-16-39-70(77)81/h1-51H. The van der Waals surface area contributed by atoms with Crippen molar-refractivity contribution in [2.75, 3.05) is 4.90 Å². The zero-order valence-electron chi connectivity index (χ0n) is 45.7. The quantitative estimate of drug-likeness (QED) is 0.165. The number of hydrogen-bond acceptors (Lipinski definition) is 3. The number of nitrogens with zero attached hydrogens (tertiary/aromatic N) is 1. The first kappa shape index (κ1) is 47.4. The third-order valence-corrected chi connectivity index (χ3v) is 20.2. The summed E-state index contributed by atoms with van der Waals surface area (Å²) in [5, 5.41) is 0. The molecule has 0 amide bonds. The SMILES string of the molecule is c1ccc(C2(c3ccccc3)c3ccccc3-c3c(-c4cccc(N(c5ccc6c(c5)C5(c7ccccc7Oc7ccccc75)c5ccccc5-6)c5ccc6c(c5)C5(c7ccccc7Sc7ccccc75)c5ccccc5-6)c4)cccc32)cc1. The number of rotatable bonds is 6. The fourth-order valence-corrected chi connectivity index (χ4v) is 17.1. The van der Waals surface area contributed by atoms with Crippen molar-refractivity contribution in [3.05, 3.63) is 376 Å². The Morgan fingerprint density at radius 1 is 0.250 bits per heavy atom. The molecule has 2 spiro atoms. The Morgan fingerprint density at radius 3 is 1.20 bits per heavy atom. The Bertz CT molecular complexity index is 4560. The minimum Gasteiger partial charge on any atom is -0.457 e. The molecule has 2 heterocycles. The van der Waals surface area contributed by atoms with Gasteiger partial charge in [0.05, 0.1) is 16.2 Å². The molecule has 0 bridgehead atoms. The summed E-state index contributed by atoms with van der Waals surface area (Å²) in [4.78, 5) is 5.11. The molecule has 392 valence electrons. The van der Waals surface area contributed by atoms with E-state index in [1.165, 1.54) is 104 Å². The van der Waals surface area contributed by atoms with Gasteiger partial charge in [-0.3, -0.25) is 0 Å². The van der Waals surface area contributed by atoms with Gasteiger partial charge in [-0.15, -0.1) is 0 Å². The molecule has 0 atom stereocenters. The van der Waals surface area contributed by atoms with Crippen LogP contribution >= 0.6 is 11.8 Å². The van der Waals surface area contributed by atoms with Gasteiger partial charge in [0, 0.05) is 38.0 Å². The van der Waals surface area contributed by atoms with Crippen LogP contribution in [0.1, 0.15) is 66.8 Å². The average Bonchev–Trinajstić information content (AvgIpc) is 1.60. The predicted octanol–water partition coefficient (Wildman–Crippen LogP) is 20.5. The summed E-state index contributed by atoms with van der Waals surface area (Å²) in [7, 11) is 0. The largest absolute Gasteiger partial charge is 0.457 e. The fraction of sp³-hybridized carbons (Fsp3) is 0.0370. The Morgan fingerprint density at radius 2 is 0.643 bits per heavy atom. The molecule has 84 heavy (non-hydrogen) atoms. The number of fused-ring (bicyclic) bond motifs is 21. The highest BCUT2D eigenvalue weighted by Gasteiger charge is 2.53. The molecule has 5 aliphatic rings. The van der Waals surface area contributed by atoms with E-state index in [1.807, 2.05) is 11.8 Å². The Kier molecular flexibility index (Phi) is 10.1. The summed E-state index contributed by atoms with van der Waals surface area (Å²) in [6.07, 6.45) is 0. The second-order valence-corrected chi connectivity index (χ2v) is 24.0. The number of para-hydroxylation sites is 2. The minimum absolute atomic E-state index is 0.528. The van der Waals surface area contributed by atoms with Gasteiger partial charge in [-0.1, -0.05) is 260 Å². The van der Waals surface area contributed by atoms with Crippen molar-refractivity contribution in [2.24, 2.45) is 0 Å². The lowest BCUT2D eigenvalue weighted by molar-refractivity contribution is 0.436. The van der Waals surface area contributed by atoms with Crippen molar-refractivity contribution in [2.45, 2.75) is 26.0 Å². The van der Waals surface area contributed by atoms with Gasteiger partial charge in [0.15, 0.2) is 0 Å². The first-order valence-electron chi connectivity index (χ1n) is 29.1. The van der Waals surface area contributed by atoms with Crippen molar-refractivity contribution in [3.63, 3.8) is 0 Å². The lowest BCUT2D eigenvalue weighted by Crippen LogP contribution is -2.32. The maximum absolute atomic E-state index is 6.84. The van der Waals surface area contributed by atoms with E-state index in [1.54, 1.807) is 0 Å². The van der Waals surface area contributed by atoms with E-state index < -0.39 is 16.2 Å². The lowest BCUT2D eigenvalue weighted by Gasteiger charge is -2.40. The Balaban J connectivity index is 0.906. The van der Waals surface area contributed by atoms with E-state index in [0.29, 0.717) is 0 Å². The molecular formula is C81H51NOS. The van der Waals surface area contributed by atoms with Crippen molar-refractivity contribution >= 4 is 28.8 Å². The molecule has 3 heteroatoms. The van der Waals surface area contributed by atoms with Crippen LogP contribution in [-0.2, 0) is 16.2 Å². The molecule has 0 saturated heterocycles. The predicted molar refractivity (Wildman–Crippen MR) is 343 cm³/mol. The molecule has 0 fully saturated rings. The molecule has 0 N–H and O–H groups in total. The lowest BCUT2D eigenvalue weighted by atomic mass is 9.66. The molecule has 0 aromatic heterocycles. The van der Waals surface area contributed by atoms with Gasteiger partial charge in [-0.25, -0.2) is 0 Å². The van der Waals surface area contributed by atoms with E-state index in [2.05, 4.69) is 314 Å². The molecule has 0 radical (unpaired) electrons. The summed E-state index contributed by atoms with van der Waals surface area (Å²) in [6, 6.07) is 116. The molecule has 3 aliphatic carbocycles. The highest BCUT2D eigenvalue weighted by atomic mass is 32.2.